The van der Waals surface area contributed by atoms with E-state index in [2.05, 4.69) is 46.2 Å². The molecule has 1 fully saturated rings. The highest BCUT2D eigenvalue weighted by molar-refractivity contribution is 8.03. The summed E-state index contributed by atoms with van der Waals surface area (Å²) in [7, 11) is 0. The zero-order chi connectivity index (χ0) is 18.5. The van der Waals surface area contributed by atoms with Gasteiger partial charge in [-0.05, 0) is 25.0 Å². The number of allylic oxidation sites excluding steroid dienone is 3. The first-order valence-corrected chi connectivity index (χ1v) is 10.6. The molecule has 0 amide bonds. The number of hydrogen-bond acceptors (Lipinski definition) is 6. The van der Waals surface area contributed by atoms with Gasteiger partial charge in [0.1, 0.15) is 5.84 Å². The van der Waals surface area contributed by atoms with Gasteiger partial charge in [-0.1, -0.05) is 36.0 Å². The van der Waals surface area contributed by atoms with Gasteiger partial charge in [0.25, 0.3) is 0 Å². The highest BCUT2D eigenvalue weighted by Crippen LogP contribution is 2.40. The van der Waals surface area contributed by atoms with Crippen molar-refractivity contribution in [1.29, 1.82) is 0 Å². The van der Waals surface area contributed by atoms with Gasteiger partial charge in [0.05, 0.1) is 25.5 Å². The van der Waals surface area contributed by atoms with E-state index >= 15 is 0 Å². The van der Waals surface area contributed by atoms with Crippen LogP contribution in [0.4, 0.5) is 0 Å². The minimum Gasteiger partial charge on any atom is -0.394 e. The smallest absolute Gasteiger partial charge is 0.137 e. The molecule has 1 aromatic carbocycles. The van der Waals surface area contributed by atoms with E-state index in [-0.39, 0.29) is 6.61 Å². The van der Waals surface area contributed by atoms with Gasteiger partial charge in [-0.15, -0.1) is 0 Å². The first-order chi connectivity index (χ1) is 13.3. The van der Waals surface area contributed by atoms with Gasteiger partial charge in [-0.3, -0.25) is 4.90 Å². The van der Waals surface area contributed by atoms with Crippen LogP contribution in [-0.4, -0.2) is 73.3 Å². The second kappa shape index (κ2) is 9.06. The summed E-state index contributed by atoms with van der Waals surface area (Å²) in [5.74, 6) is 1.12. The molecule has 5 nitrogen and oxygen atoms in total. The maximum Gasteiger partial charge on any atom is 0.137 e. The van der Waals surface area contributed by atoms with Crippen molar-refractivity contribution < 1.29 is 9.84 Å². The molecule has 2 heterocycles. The van der Waals surface area contributed by atoms with Crippen molar-refractivity contribution in [2.24, 2.45) is 4.99 Å². The van der Waals surface area contributed by atoms with Gasteiger partial charge >= 0.3 is 0 Å². The molecule has 1 aliphatic carbocycles. The average molecular weight is 386 g/mol. The normalized spacial score (nSPS) is 20.2. The summed E-state index contributed by atoms with van der Waals surface area (Å²) < 4.78 is 5.41. The van der Waals surface area contributed by atoms with Gasteiger partial charge in [0, 0.05) is 48.1 Å². The van der Waals surface area contributed by atoms with Crippen molar-refractivity contribution in [3.8, 4) is 0 Å². The van der Waals surface area contributed by atoms with E-state index in [0.29, 0.717) is 13.2 Å². The summed E-state index contributed by atoms with van der Waals surface area (Å²) in [6, 6.07) is 8.67. The highest BCUT2D eigenvalue weighted by Gasteiger charge is 2.25. The molecule has 0 unspecified atom stereocenters. The Morgan fingerprint density at radius 3 is 2.81 bits per heavy atom. The third-order valence-corrected chi connectivity index (χ3v) is 6.38. The standard InChI is InChI=1S/C21H27N3O2S/c25-14-16-26-15-13-23-9-11-24(12-10-23)21-17-5-1-3-7-19(17)27-20-8-4-2-6-18(20)22-21/h1-3,5-7,25H,4,8-16H2. The zero-order valence-electron chi connectivity index (χ0n) is 15.6. The molecule has 0 bridgehead atoms. The number of ether oxygens (including phenoxy) is 1. The molecule has 4 rings (SSSR count). The van der Waals surface area contributed by atoms with Crippen LogP contribution < -0.4 is 0 Å². The summed E-state index contributed by atoms with van der Waals surface area (Å²) in [5, 5.41) is 8.80. The second-order valence-corrected chi connectivity index (χ2v) is 8.08. The Hall–Kier alpha value is -1.60. The highest BCUT2D eigenvalue weighted by atomic mass is 32.2. The van der Waals surface area contributed by atoms with Crippen LogP contribution in [0.25, 0.3) is 0 Å². The van der Waals surface area contributed by atoms with Crippen molar-refractivity contribution in [2.75, 3.05) is 52.5 Å². The van der Waals surface area contributed by atoms with Gasteiger partial charge in [-0.2, -0.15) is 0 Å². The first kappa shape index (κ1) is 18.7. The molecule has 0 spiro atoms. The molecule has 0 radical (unpaired) electrons. The molecule has 3 aliphatic rings. The largest absolute Gasteiger partial charge is 0.394 e. The monoisotopic (exact) mass is 385 g/mol. The molecule has 1 aromatic rings. The summed E-state index contributed by atoms with van der Waals surface area (Å²) in [4.78, 5) is 12.7. The average Bonchev–Trinajstić information content (AvgIpc) is 2.88. The lowest BCUT2D eigenvalue weighted by molar-refractivity contribution is 0.0652. The molecule has 1 saturated heterocycles. The second-order valence-electron chi connectivity index (χ2n) is 6.95. The predicted octanol–water partition coefficient (Wildman–Crippen LogP) is 2.73. The van der Waals surface area contributed by atoms with E-state index in [1.54, 1.807) is 0 Å². The third kappa shape index (κ3) is 4.46. The van der Waals surface area contributed by atoms with E-state index < -0.39 is 0 Å². The summed E-state index contributed by atoms with van der Waals surface area (Å²) in [5.41, 5.74) is 2.39. The number of aliphatic imine (C=N–C) groups is 1. The molecule has 2 aliphatic heterocycles. The molecule has 0 saturated carbocycles. The maximum atomic E-state index is 8.80. The SMILES string of the molecule is OCCOCCN1CCN(C2=NC3=C(CCC=C3)Sc3ccccc32)CC1. The van der Waals surface area contributed by atoms with Crippen LogP contribution in [0.15, 0.2) is 56.9 Å². The van der Waals surface area contributed by atoms with Crippen molar-refractivity contribution in [3.63, 3.8) is 0 Å². The fourth-order valence-corrected chi connectivity index (χ4v) is 4.78. The fourth-order valence-electron chi connectivity index (χ4n) is 3.67. The molecule has 27 heavy (non-hydrogen) atoms. The molecule has 1 N–H and O–H groups in total. The first-order valence-electron chi connectivity index (χ1n) is 9.76. The van der Waals surface area contributed by atoms with Crippen LogP contribution in [0.5, 0.6) is 0 Å². The quantitative estimate of drug-likeness (QED) is 0.790. The molecule has 0 atom stereocenters. The van der Waals surface area contributed by atoms with Crippen molar-refractivity contribution >= 4 is 17.6 Å². The Labute approximate surface area is 165 Å². The molecule has 6 heteroatoms. The van der Waals surface area contributed by atoms with Crippen LogP contribution in [0.2, 0.25) is 0 Å². The van der Waals surface area contributed by atoms with E-state index in [0.717, 1.165) is 57.1 Å². The van der Waals surface area contributed by atoms with E-state index in [9.17, 15) is 0 Å². The summed E-state index contributed by atoms with van der Waals surface area (Å²) in [6.45, 7) is 6.10. The Morgan fingerprint density at radius 2 is 1.96 bits per heavy atom. The molecular formula is C21H27N3O2S. The Morgan fingerprint density at radius 1 is 1.11 bits per heavy atom. The number of amidine groups is 1. The number of aliphatic hydroxyl groups is 1. The number of fused-ring (bicyclic) bond motifs is 1. The van der Waals surface area contributed by atoms with Crippen LogP contribution in [0.3, 0.4) is 0 Å². The molecule has 0 aromatic heterocycles. The topological polar surface area (TPSA) is 48.3 Å². The van der Waals surface area contributed by atoms with Crippen molar-refractivity contribution in [1.82, 2.24) is 9.80 Å². The van der Waals surface area contributed by atoms with Gasteiger partial charge in [0.2, 0.25) is 0 Å². The Bertz CT molecular complexity index is 752. The molecule has 144 valence electrons. The van der Waals surface area contributed by atoms with Crippen LogP contribution in [0, 0.1) is 0 Å². The number of benzene rings is 1. The van der Waals surface area contributed by atoms with Gasteiger partial charge in [0.15, 0.2) is 0 Å². The third-order valence-electron chi connectivity index (χ3n) is 5.15. The number of nitrogens with zero attached hydrogens (tertiary/aromatic N) is 3. The van der Waals surface area contributed by atoms with Crippen LogP contribution in [-0.2, 0) is 4.74 Å². The lowest BCUT2D eigenvalue weighted by atomic mass is 10.1. The lowest BCUT2D eigenvalue weighted by Gasteiger charge is -2.36. The van der Waals surface area contributed by atoms with E-state index in [1.165, 1.54) is 15.4 Å². The maximum absolute atomic E-state index is 8.80. The van der Waals surface area contributed by atoms with Gasteiger partial charge in [-0.25, -0.2) is 4.99 Å². The minimum absolute atomic E-state index is 0.0946. The van der Waals surface area contributed by atoms with E-state index in [4.69, 9.17) is 14.8 Å². The van der Waals surface area contributed by atoms with Crippen molar-refractivity contribution in [2.45, 2.75) is 17.7 Å². The van der Waals surface area contributed by atoms with Crippen molar-refractivity contribution in [3.05, 3.63) is 52.6 Å². The number of piperazine rings is 1. The Balaban J connectivity index is 1.48. The summed E-state index contributed by atoms with van der Waals surface area (Å²) in [6.07, 6.45) is 6.62. The summed E-state index contributed by atoms with van der Waals surface area (Å²) >= 11 is 1.89. The fraction of sp³-hybridized carbons (Fsp3) is 0.476. The van der Waals surface area contributed by atoms with Crippen LogP contribution in [0.1, 0.15) is 18.4 Å². The number of thioether (sulfide) groups is 1. The predicted molar refractivity (Wildman–Crippen MR) is 110 cm³/mol. The number of hydrogen-bond donors (Lipinski definition) is 1. The zero-order valence-corrected chi connectivity index (χ0v) is 16.5. The number of aliphatic hydroxyl groups excluding tert-OH is 1. The Kier molecular flexibility index (Phi) is 6.29. The lowest BCUT2D eigenvalue weighted by Crippen LogP contribution is -2.49. The number of rotatable bonds is 5. The van der Waals surface area contributed by atoms with Crippen LogP contribution >= 0.6 is 11.8 Å². The minimum atomic E-state index is 0.0946. The van der Waals surface area contributed by atoms with E-state index in [1.807, 2.05) is 11.8 Å². The molecular weight excluding hydrogens is 358 g/mol. The van der Waals surface area contributed by atoms with Gasteiger partial charge < -0.3 is 14.7 Å².